The maximum atomic E-state index is 13.8. The molecule has 2 rings (SSSR count). The number of hydrogen-bond acceptors (Lipinski definition) is 2. The van der Waals surface area contributed by atoms with Crippen molar-refractivity contribution in [2.75, 3.05) is 11.9 Å². The molecule has 1 unspecified atom stereocenters. The highest BCUT2D eigenvalue weighted by Crippen LogP contribution is 2.34. The molecule has 1 atom stereocenters. The van der Waals surface area contributed by atoms with Crippen molar-refractivity contribution in [3.05, 3.63) is 28.5 Å². The largest absolute Gasteiger partial charge is 0.479 e. The van der Waals surface area contributed by atoms with Crippen LogP contribution in [0.1, 0.15) is 26.2 Å². The summed E-state index contributed by atoms with van der Waals surface area (Å²) in [6.45, 7) is 2.08. The van der Waals surface area contributed by atoms with Gasteiger partial charge in [0.15, 0.2) is 0 Å². The van der Waals surface area contributed by atoms with Crippen LogP contribution in [0.2, 0.25) is 0 Å². The van der Waals surface area contributed by atoms with Gasteiger partial charge in [0.2, 0.25) is 0 Å². The SMILES string of the molecule is CCC1(C(=O)O)CCCN1C(=O)Nc1c(F)cccc1Br. The number of benzene rings is 1. The molecule has 1 fully saturated rings. The van der Waals surface area contributed by atoms with Crippen LogP contribution in [0.5, 0.6) is 0 Å². The van der Waals surface area contributed by atoms with Gasteiger partial charge in [0.1, 0.15) is 11.4 Å². The molecule has 2 N–H and O–H groups in total. The van der Waals surface area contributed by atoms with Crippen molar-refractivity contribution in [2.45, 2.75) is 31.7 Å². The van der Waals surface area contributed by atoms with Crippen LogP contribution in [0, 0.1) is 5.82 Å². The number of likely N-dealkylation sites (tertiary alicyclic amines) is 1. The lowest BCUT2D eigenvalue weighted by molar-refractivity contribution is -0.148. The van der Waals surface area contributed by atoms with E-state index in [0.29, 0.717) is 30.3 Å². The molecule has 0 spiro atoms. The van der Waals surface area contributed by atoms with Crippen LogP contribution in [0.25, 0.3) is 0 Å². The molecule has 0 bridgehead atoms. The highest BCUT2D eigenvalue weighted by Gasteiger charge is 2.48. The summed E-state index contributed by atoms with van der Waals surface area (Å²) in [5.74, 6) is -1.60. The van der Waals surface area contributed by atoms with E-state index in [0.717, 1.165) is 0 Å². The lowest BCUT2D eigenvalue weighted by Gasteiger charge is -2.33. The number of carbonyl (C=O) groups excluding carboxylic acids is 1. The second kappa shape index (κ2) is 6.01. The molecule has 1 aromatic rings. The Balaban J connectivity index is 2.26. The number of halogens is 2. The molecule has 5 nitrogen and oxygen atoms in total. The van der Waals surface area contributed by atoms with E-state index in [-0.39, 0.29) is 5.69 Å². The van der Waals surface area contributed by atoms with Gasteiger partial charge in [-0.1, -0.05) is 13.0 Å². The van der Waals surface area contributed by atoms with Crippen LogP contribution in [-0.4, -0.2) is 34.1 Å². The maximum absolute atomic E-state index is 13.8. The molecular weight excluding hydrogens is 343 g/mol. The minimum absolute atomic E-state index is 0.0183. The minimum atomic E-state index is -1.21. The summed E-state index contributed by atoms with van der Waals surface area (Å²) in [6.07, 6.45) is 1.34. The smallest absolute Gasteiger partial charge is 0.329 e. The zero-order chi connectivity index (χ0) is 15.6. The first-order chi connectivity index (χ1) is 9.92. The Morgan fingerprint density at radius 1 is 1.52 bits per heavy atom. The summed E-state index contributed by atoms with van der Waals surface area (Å²) in [4.78, 5) is 25.2. The molecule has 2 amide bonds. The van der Waals surface area contributed by atoms with Crippen molar-refractivity contribution in [3.63, 3.8) is 0 Å². The van der Waals surface area contributed by atoms with Crippen LogP contribution in [0.15, 0.2) is 22.7 Å². The molecule has 1 saturated heterocycles. The fourth-order valence-electron chi connectivity index (χ4n) is 2.71. The predicted molar refractivity (Wildman–Crippen MR) is 79.7 cm³/mol. The predicted octanol–water partition coefficient (Wildman–Crippen LogP) is 3.45. The number of amides is 2. The number of anilines is 1. The fourth-order valence-corrected chi connectivity index (χ4v) is 3.15. The monoisotopic (exact) mass is 358 g/mol. The van der Waals surface area contributed by atoms with Crippen LogP contribution >= 0.6 is 15.9 Å². The number of para-hydroxylation sites is 1. The Hall–Kier alpha value is -1.63. The van der Waals surface area contributed by atoms with Gasteiger partial charge in [-0.05, 0) is 47.3 Å². The normalized spacial score (nSPS) is 21.4. The highest BCUT2D eigenvalue weighted by atomic mass is 79.9. The van der Waals surface area contributed by atoms with E-state index in [1.54, 1.807) is 13.0 Å². The summed E-state index contributed by atoms with van der Waals surface area (Å²) in [5.41, 5.74) is -1.19. The van der Waals surface area contributed by atoms with Crippen molar-refractivity contribution in [1.29, 1.82) is 0 Å². The number of nitrogens with zero attached hydrogens (tertiary/aromatic N) is 1. The van der Waals surface area contributed by atoms with Gasteiger partial charge < -0.3 is 15.3 Å². The molecule has 114 valence electrons. The summed E-state index contributed by atoms with van der Waals surface area (Å²) in [5, 5.41) is 11.9. The summed E-state index contributed by atoms with van der Waals surface area (Å²) >= 11 is 3.17. The molecule has 1 aliphatic heterocycles. The number of hydrogen-bond donors (Lipinski definition) is 2. The second-order valence-corrected chi connectivity index (χ2v) is 5.83. The van der Waals surface area contributed by atoms with E-state index < -0.39 is 23.4 Å². The molecule has 1 aliphatic rings. The van der Waals surface area contributed by atoms with Crippen LogP contribution < -0.4 is 5.32 Å². The Morgan fingerprint density at radius 3 is 2.81 bits per heavy atom. The van der Waals surface area contributed by atoms with Gasteiger partial charge in [-0.3, -0.25) is 0 Å². The first-order valence-corrected chi connectivity index (χ1v) is 7.47. The standard InChI is InChI=1S/C14H16BrFN2O3/c1-2-14(12(19)20)7-4-8-18(14)13(21)17-11-9(15)5-3-6-10(11)16/h3,5-6H,2,4,7-8H2,1H3,(H,17,21)(H,19,20). The van der Waals surface area contributed by atoms with E-state index in [4.69, 9.17) is 0 Å². The fraction of sp³-hybridized carbons (Fsp3) is 0.429. The third-order valence-electron chi connectivity index (χ3n) is 3.91. The quantitative estimate of drug-likeness (QED) is 0.869. The molecule has 1 aromatic carbocycles. The second-order valence-electron chi connectivity index (χ2n) is 4.97. The van der Waals surface area contributed by atoms with Gasteiger partial charge in [-0.2, -0.15) is 0 Å². The van der Waals surface area contributed by atoms with Gasteiger partial charge in [0.25, 0.3) is 0 Å². The molecule has 0 saturated carbocycles. The minimum Gasteiger partial charge on any atom is -0.479 e. The van der Waals surface area contributed by atoms with Crippen molar-refractivity contribution in [1.82, 2.24) is 4.90 Å². The van der Waals surface area contributed by atoms with Crippen molar-refractivity contribution in [3.8, 4) is 0 Å². The van der Waals surface area contributed by atoms with E-state index in [2.05, 4.69) is 21.2 Å². The van der Waals surface area contributed by atoms with Gasteiger partial charge in [-0.25, -0.2) is 14.0 Å². The van der Waals surface area contributed by atoms with Gasteiger partial charge in [-0.15, -0.1) is 0 Å². The number of rotatable bonds is 3. The first kappa shape index (κ1) is 15.8. The number of carboxylic acid groups (broad SMARTS) is 1. The van der Waals surface area contributed by atoms with E-state index in [1.165, 1.54) is 17.0 Å². The number of carbonyl (C=O) groups is 2. The van der Waals surface area contributed by atoms with Gasteiger partial charge in [0.05, 0.1) is 5.69 Å². The average molecular weight is 359 g/mol. The molecule has 0 radical (unpaired) electrons. The molecule has 1 heterocycles. The Bertz CT molecular complexity index is 561. The topological polar surface area (TPSA) is 69.6 Å². The third kappa shape index (κ3) is 2.74. The number of urea groups is 1. The molecular formula is C14H16BrFN2O3. The molecule has 21 heavy (non-hydrogen) atoms. The Labute approximate surface area is 130 Å². The lowest BCUT2D eigenvalue weighted by atomic mass is 9.93. The average Bonchev–Trinajstić information content (AvgIpc) is 2.88. The van der Waals surface area contributed by atoms with Gasteiger partial charge in [0, 0.05) is 11.0 Å². The zero-order valence-electron chi connectivity index (χ0n) is 11.5. The number of aliphatic carboxylic acids is 1. The van der Waals surface area contributed by atoms with E-state index in [9.17, 15) is 19.1 Å². The summed E-state index contributed by atoms with van der Waals surface area (Å²) in [6, 6.07) is 3.75. The summed E-state index contributed by atoms with van der Waals surface area (Å²) in [7, 11) is 0. The maximum Gasteiger partial charge on any atom is 0.329 e. The molecule has 0 aliphatic carbocycles. The van der Waals surface area contributed by atoms with E-state index >= 15 is 0 Å². The molecule has 0 aromatic heterocycles. The third-order valence-corrected chi connectivity index (χ3v) is 4.57. The Morgan fingerprint density at radius 2 is 2.24 bits per heavy atom. The van der Waals surface area contributed by atoms with Gasteiger partial charge >= 0.3 is 12.0 Å². The molecule has 7 heteroatoms. The van der Waals surface area contributed by atoms with Crippen molar-refractivity contribution in [2.24, 2.45) is 0 Å². The summed E-state index contributed by atoms with van der Waals surface area (Å²) < 4.78 is 14.2. The highest BCUT2D eigenvalue weighted by molar-refractivity contribution is 9.10. The van der Waals surface area contributed by atoms with Crippen molar-refractivity contribution >= 4 is 33.6 Å². The van der Waals surface area contributed by atoms with Crippen LogP contribution in [0.4, 0.5) is 14.9 Å². The van der Waals surface area contributed by atoms with E-state index in [1.807, 2.05) is 0 Å². The van der Waals surface area contributed by atoms with Crippen molar-refractivity contribution < 1.29 is 19.1 Å². The zero-order valence-corrected chi connectivity index (χ0v) is 13.1. The lowest BCUT2D eigenvalue weighted by Crippen LogP contribution is -2.54. The number of nitrogens with one attached hydrogen (secondary N) is 1. The van der Waals surface area contributed by atoms with Crippen LogP contribution in [0.3, 0.4) is 0 Å². The first-order valence-electron chi connectivity index (χ1n) is 6.68. The number of carboxylic acids is 1. The Kier molecular flexibility index (Phi) is 4.51. The van der Waals surface area contributed by atoms with Crippen LogP contribution in [-0.2, 0) is 4.79 Å².